The minimum absolute atomic E-state index is 0.0673. The van der Waals surface area contributed by atoms with Gasteiger partial charge in [0.25, 0.3) is 0 Å². The number of amides is 1. The number of rotatable bonds is 4. The summed E-state index contributed by atoms with van der Waals surface area (Å²) < 4.78 is 1.90. The summed E-state index contributed by atoms with van der Waals surface area (Å²) in [6.45, 7) is 6.08. The molecule has 0 saturated carbocycles. The van der Waals surface area contributed by atoms with Crippen molar-refractivity contribution in [3.8, 4) is 11.4 Å². The van der Waals surface area contributed by atoms with Crippen molar-refractivity contribution in [2.45, 2.75) is 37.2 Å². The van der Waals surface area contributed by atoms with Gasteiger partial charge in [-0.25, -0.2) is 4.68 Å². The van der Waals surface area contributed by atoms with Crippen LogP contribution in [0, 0.1) is 20.8 Å². The zero-order valence-electron chi connectivity index (χ0n) is 18.7. The highest BCUT2D eigenvalue weighted by atomic mass is 32.2. The fraction of sp³-hybridized carbons (Fsp3) is 0.192. The first-order valence-corrected chi connectivity index (χ1v) is 11.8. The van der Waals surface area contributed by atoms with E-state index in [0.29, 0.717) is 5.16 Å². The Morgan fingerprint density at radius 1 is 0.939 bits per heavy atom. The molecule has 33 heavy (non-hydrogen) atoms. The third kappa shape index (κ3) is 4.24. The van der Waals surface area contributed by atoms with Gasteiger partial charge in [0.15, 0.2) is 5.82 Å². The van der Waals surface area contributed by atoms with E-state index in [1.807, 2.05) is 67.1 Å². The largest absolute Gasteiger partial charge is 0.325 e. The summed E-state index contributed by atoms with van der Waals surface area (Å²) in [5.74, 6) is 0.658. The van der Waals surface area contributed by atoms with Crippen LogP contribution in [0.15, 0.2) is 78.0 Å². The van der Waals surface area contributed by atoms with Crippen LogP contribution in [0.5, 0.6) is 0 Å². The monoisotopic (exact) mass is 455 g/mol. The quantitative estimate of drug-likeness (QED) is 0.439. The standard InChI is InChI=1S/C26H25N5OS/c1-16-10-13-19(14-11-16)22-23(25(32)27-21-15-17(2)9-12-18(21)3)33-26-29-28-24(31(26)30-22)20-7-5-4-6-8-20/h4-15,22-23,30H,1-3H3,(H,27,32)/t22-,23-/m0/s1. The maximum absolute atomic E-state index is 13.5. The molecule has 1 aliphatic rings. The SMILES string of the molecule is Cc1ccc([C@@H]2Nn3c(nnc3-c3ccccc3)S[C@@H]2C(=O)Nc2cc(C)ccc2C)cc1. The molecule has 166 valence electrons. The smallest absolute Gasteiger partial charge is 0.240 e. The van der Waals surface area contributed by atoms with Gasteiger partial charge in [-0.2, -0.15) is 0 Å². The van der Waals surface area contributed by atoms with Crippen LogP contribution in [0.4, 0.5) is 5.69 Å². The Balaban J connectivity index is 1.52. The molecule has 0 saturated heterocycles. The van der Waals surface area contributed by atoms with E-state index in [1.54, 1.807) is 0 Å². The number of anilines is 1. The van der Waals surface area contributed by atoms with Gasteiger partial charge in [-0.1, -0.05) is 84.1 Å². The molecule has 0 unspecified atom stereocenters. The number of carbonyl (C=O) groups excluding carboxylic acids is 1. The summed E-state index contributed by atoms with van der Waals surface area (Å²) in [5.41, 5.74) is 9.67. The molecule has 6 nitrogen and oxygen atoms in total. The number of fused-ring (bicyclic) bond motifs is 1. The van der Waals surface area contributed by atoms with Gasteiger partial charge in [0.2, 0.25) is 11.1 Å². The highest BCUT2D eigenvalue weighted by Crippen LogP contribution is 2.39. The molecule has 5 rings (SSSR count). The third-order valence-corrected chi connectivity index (χ3v) is 7.03. The molecule has 0 spiro atoms. The Labute approximate surface area is 197 Å². The van der Waals surface area contributed by atoms with Crippen LogP contribution in [0.25, 0.3) is 11.4 Å². The first kappa shape index (κ1) is 21.3. The Hall–Kier alpha value is -3.58. The molecule has 1 aromatic heterocycles. The van der Waals surface area contributed by atoms with Gasteiger partial charge in [0.1, 0.15) is 5.25 Å². The van der Waals surface area contributed by atoms with E-state index in [0.717, 1.165) is 33.8 Å². The van der Waals surface area contributed by atoms with Crippen molar-refractivity contribution < 1.29 is 4.79 Å². The summed E-state index contributed by atoms with van der Waals surface area (Å²) >= 11 is 1.43. The minimum atomic E-state index is -0.423. The predicted octanol–water partition coefficient (Wildman–Crippen LogP) is 5.27. The van der Waals surface area contributed by atoms with Crippen molar-refractivity contribution in [1.82, 2.24) is 14.9 Å². The number of aryl methyl sites for hydroxylation is 3. The van der Waals surface area contributed by atoms with Gasteiger partial charge in [0, 0.05) is 11.3 Å². The second-order valence-electron chi connectivity index (χ2n) is 8.37. The van der Waals surface area contributed by atoms with Crippen molar-refractivity contribution in [2.24, 2.45) is 0 Å². The van der Waals surface area contributed by atoms with Crippen LogP contribution in [0.1, 0.15) is 28.3 Å². The topological polar surface area (TPSA) is 71.8 Å². The molecule has 0 fully saturated rings. The van der Waals surface area contributed by atoms with Crippen LogP contribution in [-0.4, -0.2) is 26.0 Å². The molecule has 2 atom stereocenters. The molecular formula is C26H25N5OS. The maximum atomic E-state index is 13.5. The Kier molecular flexibility index (Phi) is 5.64. The number of aromatic nitrogens is 3. The molecule has 0 bridgehead atoms. The second kappa shape index (κ2) is 8.75. The van der Waals surface area contributed by atoms with Gasteiger partial charge in [-0.05, 0) is 43.5 Å². The summed E-state index contributed by atoms with van der Waals surface area (Å²) in [6.07, 6.45) is 0. The average Bonchev–Trinajstić information content (AvgIpc) is 3.25. The normalized spacial score (nSPS) is 17.2. The van der Waals surface area contributed by atoms with Gasteiger partial charge in [0.05, 0.1) is 6.04 Å². The average molecular weight is 456 g/mol. The number of benzene rings is 3. The lowest BCUT2D eigenvalue weighted by atomic mass is 10.0. The third-order valence-electron chi connectivity index (χ3n) is 5.81. The molecule has 3 aromatic carbocycles. The Morgan fingerprint density at radius 3 is 2.42 bits per heavy atom. The fourth-order valence-electron chi connectivity index (χ4n) is 3.93. The van der Waals surface area contributed by atoms with Crippen LogP contribution in [0.2, 0.25) is 0 Å². The van der Waals surface area contributed by atoms with Crippen molar-refractivity contribution in [1.29, 1.82) is 0 Å². The summed E-state index contributed by atoms with van der Waals surface area (Å²) in [5, 5.41) is 12.2. The lowest BCUT2D eigenvalue weighted by molar-refractivity contribution is -0.116. The van der Waals surface area contributed by atoms with Crippen LogP contribution in [0.3, 0.4) is 0 Å². The molecule has 1 aliphatic heterocycles. The number of thioether (sulfide) groups is 1. The summed E-state index contributed by atoms with van der Waals surface area (Å²) in [4.78, 5) is 13.5. The highest BCUT2D eigenvalue weighted by Gasteiger charge is 2.38. The van der Waals surface area contributed by atoms with E-state index in [-0.39, 0.29) is 11.9 Å². The number of nitrogens with zero attached hydrogens (tertiary/aromatic N) is 3. The molecular weight excluding hydrogens is 430 g/mol. The van der Waals surface area contributed by atoms with E-state index in [2.05, 4.69) is 52.1 Å². The molecule has 2 heterocycles. The molecule has 7 heteroatoms. The fourth-order valence-corrected chi connectivity index (χ4v) is 5.01. The van der Waals surface area contributed by atoms with Gasteiger partial charge in [-0.3, -0.25) is 4.79 Å². The number of nitrogens with one attached hydrogen (secondary N) is 2. The van der Waals surface area contributed by atoms with E-state index >= 15 is 0 Å². The Morgan fingerprint density at radius 2 is 1.67 bits per heavy atom. The van der Waals surface area contributed by atoms with E-state index < -0.39 is 5.25 Å². The number of hydrogen-bond donors (Lipinski definition) is 2. The molecule has 2 N–H and O–H groups in total. The molecule has 4 aromatic rings. The maximum Gasteiger partial charge on any atom is 0.240 e. The van der Waals surface area contributed by atoms with Crippen molar-refractivity contribution in [2.75, 3.05) is 10.7 Å². The van der Waals surface area contributed by atoms with E-state index in [1.165, 1.54) is 17.3 Å². The summed E-state index contributed by atoms with van der Waals surface area (Å²) in [6, 6.07) is 24.0. The van der Waals surface area contributed by atoms with Crippen LogP contribution >= 0.6 is 11.8 Å². The summed E-state index contributed by atoms with van der Waals surface area (Å²) in [7, 11) is 0. The minimum Gasteiger partial charge on any atom is -0.325 e. The van der Waals surface area contributed by atoms with Crippen molar-refractivity contribution in [3.05, 3.63) is 95.1 Å². The van der Waals surface area contributed by atoms with Crippen molar-refractivity contribution in [3.63, 3.8) is 0 Å². The second-order valence-corrected chi connectivity index (χ2v) is 9.48. The first-order valence-electron chi connectivity index (χ1n) is 10.9. The molecule has 1 amide bonds. The lowest BCUT2D eigenvalue weighted by Gasteiger charge is -2.33. The predicted molar refractivity (Wildman–Crippen MR) is 133 cm³/mol. The molecule has 0 aliphatic carbocycles. The highest BCUT2D eigenvalue weighted by molar-refractivity contribution is 8.00. The number of carbonyl (C=O) groups is 1. The first-order chi connectivity index (χ1) is 16.0. The van der Waals surface area contributed by atoms with Gasteiger partial charge < -0.3 is 10.7 Å². The Bertz CT molecular complexity index is 1300. The van der Waals surface area contributed by atoms with Gasteiger partial charge in [-0.15, -0.1) is 10.2 Å². The van der Waals surface area contributed by atoms with Crippen LogP contribution < -0.4 is 10.7 Å². The zero-order valence-corrected chi connectivity index (χ0v) is 19.6. The van der Waals surface area contributed by atoms with Gasteiger partial charge >= 0.3 is 0 Å². The zero-order chi connectivity index (χ0) is 22.9. The van der Waals surface area contributed by atoms with E-state index in [4.69, 9.17) is 0 Å². The van der Waals surface area contributed by atoms with Crippen molar-refractivity contribution >= 4 is 23.4 Å². The van der Waals surface area contributed by atoms with E-state index in [9.17, 15) is 4.79 Å². The van der Waals surface area contributed by atoms with Crippen LogP contribution in [-0.2, 0) is 4.79 Å². The number of hydrogen-bond acceptors (Lipinski definition) is 5. The molecule has 0 radical (unpaired) electrons. The lowest BCUT2D eigenvalue weighted by Crippen LogP contribution is -2.41.